The van der Waals surface area contributed by atoms with Crippen LogP contribution in [0.3, 0.4) is 0 Å². The molecule has 3 aromatic rings. The molecular weight excluding hydrogens is 486 g/mol. The van der Waals surface area contributed by atoms with Gasteiger partial charge >= 0.3 is 0 Å². The number of carbonyl (C=O) groups excluding carboxylic acids is 1. The number of H-pyrrole nitrogens is 1. The van der Waals surface area contributed by atoms with Gasteiger partial charge in [0.2, 0.25) is 0 Å². The Morgan fingerprint density at radius 1 is 1.16 bits per heavy atom. The number of hydrogen-bond acceptors (Lipinski definition) is 6. The number of methoxy groups -OCH3 is 1. The van der Waals surface area contributed by atoms with Crippen molar-refractivity contribution in [3.8, 4) is 22.9 Å². The maximum atomic E-state index is 13.8. The maximum absolute atomic E-state index is 13.8. The lowest BCUT2D eigenvalue weighted by molar-refractivity contribution is -0.118. The highest BCUT2D eigenvalue weighted by Crippen LogP contribution is 2.51. The summed E-state index contributed by atoms with van der Waals surface area (Å²) in [5.41, 5.74) is 11.6. The normalized spacial score (nSPS) is 19.1. The van der Waals surface area contributed by atoms with Crippen LogP contribution in [0.1, 0.15) is 43.9 Å². The molecule has 37 heavy (non-hydrogen) atoms. The fourth-order valence-corrected chi connectivity index (χ4v) is 5.55. The molecule has 0 amide bonds. The Morgan fingerprint density at radius 3 is 2.46 bits per heavy atom. The number of ketones is 1. The van der Waals surface area contributed by atoms with Crippen molar-refractivity contribution in [3.05, 3.63) is 87.5 Å². The number of aryl methyl sites for hydroxylation is 1. The van der Waals surface area contributed by atoms with Gasteiger partial charge in [-0.2, -0.15) is 10.4 Å². The quantitative estimate of drug-likeness (QED) is 0.443. The molecule has 0 radical (unpaired) electrons. The fourth-order valence-electron chi connectivity index (χ4n) is 5.42. The zero-order valence-corrected chi connectivity index (χ0v) is 22.0. The van der Waals surface area contributed by atoms with E-state index in [0.29, 0.717) is 40.6 Å². The second-order valence-corrected chi connectivity index (χ2v) is 10.7. The lowest BCUT2D eigenvalue weighted by Gasteiger charge is -2.43. The largest absolute Gasteiger partial charge is 0.497 e. The predicted molar refractivity (Wildman–Crippen MR) is 144 cm³/mol. The van der Waals surface area contributed by atoms with Crippen molar-refractivity contribution in [3.63, 3.8) is 0 Å². The molecule has 1 aliphatic carbocycles. The van der Waals surface area contributed by atoms with Crippen LogP contribution < -0.4 is 15.4 Å². The first-order chi connectivity index (χ1) is 17.6. The smallest absolute Gasteiger partial charge is 0.168 e. The number of nitrogens with zero attached hydrogens (tertiary/aromatic N) is 3. The molecule has 7 nitrogen and oxygen atoms in total. The van der Waals surface area contributed by atoms with Crippen LogP contribution in [-0.2, 0) is 4.79 Å². The van der Waals surface area contributed by atoms with E-state index in [1.54, 1.807) is 12.0 Å². The molecule has 3 N–H and O–H groups in total. The fraction of sp³-hybridized carbons (Fsp3) is 0.276. The molecule has 1 atom stereocenters. The Hall–Kier alpha value is -4.02. The van der Waals surface area contributed by atoms with Crippen molar-refractivity contribution in [2.75, 3.05) is 12.0 Å². The minimum absolute atomic E-state index is 0.0117. The van der Waals surface area contributed by atoms with Gasteiger partial charge in [-0.05, 0) is 54.2 Å². The van der Waals surface area contributed by atoms with E-state index in [4.69, 9.17) is 22.1 Å². The Bertz CT molecular complexity index is 1490. The monoisotopic (exact) mass is 513 g/mol. The summed E-state index contributed by atoms with van der Waals surface area (Å²) in [6.45, 7) is 6.08. The molecule has 1 aromatic heterocycles. The molecule has 2 heterocycles. The first-order valence-electron chi connectivity index (χ1n) is 12.1. The second kappa shape index (κ2) is 9.13. The summed E-state index contributed by atoms with van der Waals surface area (Å²) in [6, 6.07) is 17.2. The van der Waals surface area contributed by atoms with Crippen molar-refractivity contribution >= 4 is 23.2 Å². The number of ether oxygens (including phenoxy) is 1. The second-order valence-electron chi connectivity index (χ2n) is 10.3. The summed E-state index contributed by atoms with van der Waals surface area (Å²) in [5.74, 6) is 0.967. The summed E-state index contributed by atoms with van der Waals surface area (Å²) >= 11 is 6.14. The number of carbonyl (C=O) groups is 1. The van der Waals surface area contributed by atoms with Crippen LogP contribution >= 0.6 is 11.6 Å². The van der Waals surface area contributed by atoms with E-state index in [1.165, 1.54) is 0 Å². The van der Waals surface area contributed by atoms with E-state index >= 15 is 0 Å². The number of aromatic nitrogens is 2. The van der Waals surface area contributed by atoms with Crippen molar-refractivity contribution in [1.82, 2.24) is 10.2 Å². The molecular formula is C29H28ClN5O2. The Labute approximate surface area is 221 Å². The number of halogens is 1. The highest BCUT2D eigenvalue weighted by molar-refractivity contribution is 6.30. The van der Waals surface area contributed by atoms with Gasteiger partial charge in [-0.3, -0.25) is 14.8 Å². The van der Waals surface area contributed by atoms with Gasteiger partial charge in [0.15, 0.2) is 11.6 Å². The highest BCUT2D eigenvalue weighted by Gasteiger charge is 2.45. The molecule has 0 unspecified atom stereocenters. The minimum atomic E-state index is -0.565. The van der Waals surface area contributed by atoms with Crippen molar-refractivity contribution in [2.45, 2.75) is 39.5 Å². The predicted octanol–water partition coefficient (Wildman–Crippen LogP) is 5.99. The number of nitriles is 1. The molecule has 0 saturated heterocycles. The third-order valence-corrected chi connectivity index (χ3v) is 7.35. The van der Waals surface area contributed by atoms with Crippen LogP contribution in [0.15, 0.2) is 71.2 Å². The number of rotatable bonds is 4. The Balaban J connectivity index is 1.76. The van der Waals surface area contributed by atoms with E-state index in [9.17, 15) is 10.1 Å². The van der Waals surface area contributed by atoms with Gasteiger partial charge in [0.05, 0.1) is 24.7 Å². The topological polar surface area (TPSA) is 108 Å². The third kappa shape index (κ3) is 4.17. The number of anilines is 1. The molecule has 2 aliphatic rings. The molecule has 0 spiro atoms. The van der Waals surface area contributed by atoms with Crippen LogP contribution in [-0.4, -0.2) is 23.1 Å². The molecule has 0 fully saturated rings. The van der Waals surface area contributed by atoms with Gasteiger partial charge in [0, 0.05) is 34.0 Å². The molecule has 2 aromatic carbocycles. The zero-order chi connectivity index (χ0) is 26.5. The van der Waals surface area contributed by atoms with E-state index in [-0.39, 0.29) is 17.0 Å². The highest BCUT2D eigenvalue weighted by atomic mass is 35.5. The number of hydrogen-bond donors (Lipinski definition) is 2. The first kappa shape index (κ1) is 24.7. The number of nitrogens with two attached hydrogens (primary N) is 1. The summed E-state index contributed by atoms with van der Waals surface area (Å²) in [7, 11) is 1.60. The minimum Gasteiger partial charge on any atom is -0.497 e. The molecule has 188 valence electrons. The molecule has 0 bridgehead atoms. The van der Waals surface area contributed by atoms with Crippen LogP contribution in [0.4, 0.5) is 5.82 Å². The molecule has 1 aliphatic heterocycles. The van der Waals surface area contributed by atoms with Gasteiger partial charge in [0.1, 0.15) is 11.6 Å². The standard InChI is InChI=1S/C29H28ClN5O2/c1-16-24(17-5-9-19(30)10-6-17)28(34-33-16)35-22-13-29(2,3)14-23(36)26(22)25(21(15-31)27(35)32)18-7-11-20(37-4)12-8-18/h5-12,25H,13-14,32H2,1-4H3,(H,33,34)/t25-/m1/s1. The third-order valence-electron chi connectivity index (χ3n) is 7.10. The average Bonchev–Trinajstić information content (AvgIpc) is 3.24. The van der Waals surface area contributed by atoms with Crippen molar-refractivity contribution < 1.29 is 9.53 Å². The van der Waals surface area contributed by atoms with E-state index < -0.39 is 5.92 Å². The maximum Gasteiger partial charge on any atom is 0.168 e. The van der Waals surface area contributed by atoms with Gasteiger partial charge in [-0.15, -0.1) is 0 Å². The van der Waals surface area contributed by atoms with Crippen molar-refractivity contribution in [2.24, 2.45) is 11.1 Å². The van der Waals surface area contributed by atoms with Crippen LogP contribution in [0.2, 0.25) is 5.02 Å². The van der Waals surface area contributed by atoms with Crippen LogP contribution in [0.25, 0.3) is 11.1 Å². The van der Waals surface area contributed by atoms with Gasteiger partial charge in [-0.25, -0.2) is 0 Å². The van der Waals surface area contributed by atoms with E-state index in [1.807, 2.05) is 55.5 Å². The molecule has 0 saturated carbocycles. The number of allylic oxidation sites excluding steroid dienone is 3. The number of Topliss-reactive ketones (excluding diaryl/α,β-unsaturated/α-hetero) is 1. The van der Waals surface area contributed by atoms with Gasteiger partial charge < -0.3 is 10.5 Å². The zero-order valence-electron chi connectivity index (χ0n) is 21.2. The molecule has 8 heteroatoms. The van der Waals surface area contributed by atoms with Crippen molar-refractivity contribution in [1.29, 1.82) is 5.26 Å². The Kier molecular flexibility index (Phi) is 6.09. The lowest BCUT2D eigenvalue weighted by atomic mass is 9.68. The van der Waals surface area contributed by atoms with Gasteiger partial charge in [-0.1, -0.05) is 49.7 Å². The Morgan fingerprint density at radius 2 is 1.84 bits per heavy atom. The molecule has 5 rings (SSSR count). The summed E-state index contributed by atoms with van der Waals surface area (Å²) in [5, 5.41) is 18.7. The summed E-state index contributed by atoms with van der Waals surface area (Å²) in [4.78, 5) is 15.6. The summed E-state index contributed by atoms with van der Waals surface area (Å²) in [6.07, 6.45) is 0.987. The van der Waals surface area contributed by atoms with Crippen LogP contribution in [0, 0.1) is 23.7 Å². The van der Waals surface area contributed by atoms with E-state index in [0.717, 1.165) is 28.1 Å². The van der Waals surface area contributed by atoms with Crippen LogP contribution in [0.5, 0.6) is 5.75 Å². The van der Waals surface area contributed by atoms with E-state index in [2.05, 4.69) is 30.1 Å². The SMILES string of the molecule is COc1ccc([C@@H]2C(C#N)=C(N)N(c3n[nH]c(C)c3-c3ccc(Cl)cc3)C3=C2C(=O)CC(C)(C)C3)cc1. The first-order valence-corrected chi connectivity index (χ1v) is 12.4. The van der Waals surface area contributed by atoms with Gasteiger partial charge in [0.25, 0.3) is 0 Å². The lowest BCUT2D eigenvalue weighted by Crippen LogP contribution is -2.42. The average molecular weight is 514 g/mol. The number of aromatic amines is 1. The summed E-state index contributed by atoms with van der Waals surface area (Å²) < 4.78 is 5.32. The number of nitrogens with one attached hydrogen (secondary N) is 1. The number of benzene rings is 2.